The number of aromatic carboxylic acids is 1. The first-order valence-corrected chi connectivity index (χ1v) is 8.88. The van der Waals surface area contributed by atoms with Gasteiger partial charge in [0.25, 0.3) is 0 Å². The number of hydrogen-bond acceptors (Lipinski definition) is 2. The van der Waals surface area contributed by atoms with Gasteiger partial charge in [-0.1, -0.05) is 13.0 Å². The van der Waals surface area contributed by atoms with E-state index >= 15 is 0 Å². The number of aliphatic imine (C=N–C) groups is 1. The molecule has 1 heterocycles. The van der Waals surface area contributed by atoms with Crippen molar-refractivity contribution in [3.63, 3.8) is 0 Å². The lowest BCUT2D eigenvalue weighted by Gasteiger charge is -2.26. The summed E-state index contributed by atoms with van der Waals surface area (Å²) in [5.41, 5.74) is -2.19. The Labute approximate surface area is 168 Å². The van der Waals surface area contributed by atoms with Crippen LogP contribution in [0.25, 0.3) is 0 Å². The van der Waals surface area contributed by atoms with Gasteiger partial charge in [0.15, 0.2) is 0 Å². The lowest BCUT2D eigenvalue weighted by atomic mass is 9.78. The first-order valence-electron chi connectivity index (χ1n) is 8.88. The van der Waals surface area contributed by atoms with Crippen molar-refractivity contribution in [3.05, 3.63) is 69.8 Å². The minimum Gasteiger partial charge on any atom is -0.478 e. The molecule has 9 heteroatoms. The molecule has 2 aromatic rings. The van der Waals surface area contributed by atoms with E-state index < -0.39 is 34.9 Å². The number of hydrogen-bond donors (Lipinski definition) is 1. The Hall–Kier alpha value is -2.84. The molecule has 1 atom stereocenters. The number of halogens is 6. The van der Waals surface area contributed by atoms with Gasteiger partial charge in [-0.25, -0.2) is 4.79 Å². The molecule has 160 valence electrons. The van der Waals surface area contributed by atoms with Gasteiger partial charge in [0.1, 0.15) is 0 Å². The molecule has 0 spiro atoms. The van der Waals surface area contributed by atoms with E-state index in [-0.39, 0.29) is 30.2 Å². The molecule has 0 bridgehead atoms. The van der Waals surface area contributed by atoms with Crippen LogP contribution in [0.3, 0.4) is 0 Å². The van der Waals surface area contributed by atoms with Crippen LogP contribution < -0.4 is 0 Å². The van der Waals surface area contributed by atoms with Gasteiger partial charge in [-0.05, 0) is 53.9 Å². The molecular weight excluding hydrogens is 412 g/mol. The van der Waals surface area contributed by atoms with Crippen LogP contribution in [-0.2, 0) is 17.8 Å². The van der Waals surface area contributed by atoms with Gasteiger partial charge in [-0.15, -0.1) is 0 Å². The van der Waals surface area contributed by atoms with E-state index in [1.165, 1.54) is 12.1 Å². The fraction of sp³-hybridized carbons (Fsp3) is 0.333. The van der Waals surface area contributed by atoms with E-state index in [4.69, 9.17) is 5.11 Å². The summed E-state index contributed by atoms with van der Waals surface area (Å²) in [5, 5.41) is 9.12. The Morgan fingerprint density at radius 2 is 1.57 bits per heavy atom. The van der Waals surface area contributed by atoms with Crippen molar-refractivity contribution in [3.8, 4) is 0 Å². The van der Waals surface area contributed by atoms with Crippen LogP contribution in [0.2, 0.25) is 0 Å². The van der Waals surface area contributed by atoms with Crippen molar-refractivity contribution in [2.24, 2.45) is 4.99 Å². The van der Waals surface area contributed by atoms with Crippen LogP contribution >= 0.6 is 0 Å². The van der Waals surface area contributed by atoms with Crippen LogP contribution in [0.4, 0.5) is 26.3 Å². The molecule has 0 aromatic heterocycles. The van der Waals surface area contributed by atoms with Crippen molar-refractivity contribution in [2.45, 2.75) is 38.0 Å². The smallest absolute Gasteiger partial charge is 0.416 e. The second-order valence-electron chi connectivity index (χ2n) is 7.63. The maximum absolute atomic E-state index is 13.2. The molecule has 3 nitrogen and oxygen atoms in total. The zero-order valence-electron chi connectivity index (χ0n) is 15.9. The second kappa shape index (κ2) is 7.14. The van der Waals surface area contributed by atoms with Crippen molar-refractivity contribution in [2.75, 3.05) is 6.54 Å². The van der Waals surface area contributed by atoms with E-state index in [2.05, 4.69) is 4.99 Å². The number of alkyl halides is 6. The Bertz CT molecular complexity index is 1010. The van der Waals surface area contributed by atoms with Gasteiger partial charge < -0.3 is 5.11 Å². The Morgan fingerprint density at radius 1 is 1.00 bits per heavy atom. The van der Waals surface area contributed by atoms with Crippen LogP contribution in [-0.4, -0.2) is 23.3 Å². The number of benzene rings is 2. The minimum absolute atomic E-state index is 0.0146. The van der Waals surface area contributed by atoms with Gasteiger partial charge in [-0.2, -0.15) is 26.3 Å². The highest BCUT2D eigenvalue weighted by Gasteiger charge is 2.41. The van der Waals surface area contributed by atoms with Crippen molar-refractivity contribution >= 4 is 11.7 Å². The van der Waals surface area contributed by atoms with E-state index in [9.17, 15) is 31.1 Å². The molecule has 2 aromatic carbocycles. The lowest BCUT2D eigenvalue weighted by molar-refractivity contribution is -0.143. The van der Waals surface area contributed by atoms with Crippen LogP contribution in [0.15, 0.2) is 41.4 Å². The Morgan fingerprint density at radius 3 is 2.03 bits per heavy atom. The van der Waals surface area contributed by atoms with Gasteiger partial charge in [0.2, 0.25) is 0 Å². The average Bonchev–Trinajstić information content (AvgIpc) is 3.03. The summed E-state index contributed by atoms with van der Waals surface area (Å²) in [6.45, 7) is 3.18. The third kappa shape index (κ3) is 4.20. The van der Waals surface area contributed by atoms with Gasteiger partial charge in [-0.3, -0.25) is 4.99 Å². The number of carboxylic acids is 1. The van der Waals surface area contributed by atoms with E-state index in [1.54, 1.807) is 19.9 Å². The van der Waals surface area contributed by atoms with E-state index in [1.807, 2.05) is 0 Å². The number of rotatable bonds is 3. The van der Waals surface area contributed by atoms with Crippen molar-refractivity contribution in [1.29, 1.82) is 0 Å². The number of aryl methyl sites for hydroxylation is 1. The SMILES string of the molecule is Cc1cc(C2=NCC(C)(c3cc(C(F)(F)F)cc(C(F)(F)F)c3)C2)ccc1C(=O)O. The van der Waals surface area contributed by atoms with Crippen molar-refractivity contribution < 1.29 is 36.2 Å². The third-order valence-corrected chi connectivity index (χ3v) is 5.25. The lowest BCUT2D eigenvalue weighted by Crippen LogP contribution is -2.25. The summed E-state index contributed by atoms with van der Waals surface area (Å²) in [7, 11) is 0. The highest BCUT2D eigenvalue weighted by atomic mass is 19.4. The maximum atomic E-state index is 13.2. The Kier molecular flexibility index (Phi) is 5.20. The number of carboxylic acid groups (broad SMARTS) is 1. The normalized spacial score (nSPS) is 19.7. The average molecular weight is 429 g/mol. The summed E-state index contributed by atoms with van der Waals surface area (Å²) in [6.07, 6.45) is -9.71. The van der Waals surface area contributed by atoms with Gasteiger partial charge >= 0.3 is 18.3 Å². The summed E-state index contributed by atoms with van der Waals surface area (Å²) in [6, 6.07) is 6.13. The predicted octanol–water partition coefficient (Wildman–Crippen LogP) is 5.88. The zero-order chi connectivity index (χ0) is 22.5. The van der Waals surface area contributed by atoms with Gasteiger partial charge in [0.05, 0.1) is 16.7 Å². The summed E-state index contributed by atoms with van der Waals surface area (Å²) >= 11 is 0. The van der Waals surface area contributed by atoms with E-state index in [0.717, 1.165) is 12.1 Å². The van der Waals surface area contributed by atoms with Gasteiger partial charge in [0, 0.05) is 24.1 Å². The van der Waals surface area contributed by atoms with E-state index in [0.29, 0.717) is 16.8 Å². The molecule has 1 N–H and O–H groups in total. The maximum Gasteiger partial charge on any atom is 0.416 e. The molecule has 0 saturated carbocycles. The summed E-state index contributed by atoms with van der Waals surface area (Å²) < 4.78 is 79.2. The molecule has 0 aliphatic carbocycles. The standard InChI is InChI=1S/C21H17F6NO2/c1-11-5-12(3-4-16(11)18(29)30)17-9-19(2,10-28-17)13-6-14(20(22,23)24)8-15(7-13)21(25,26)27/h3-8H,9-10H2,1-2H3,(H,29,30). The van der Waals surface area contributed by atoms with Crippen LogP contribution in [0.5, 0.6) is 0 Å². The second-order valence-corrected chi connectivity index (χ2v) is 7.63. The molecular formula is C21H17F6NO2. The molecule has 0 radical (unpaired) electrons. The number of carbonyl (C=O) groups is 1. The highest BCUT2D eigenvalue weighted by Crippen LogP contribution is 2.42. The fourth-order valence-corrected chi connectivity index (χ4v) is 3.52. The first-order chi connectivity index (χ1) is 13.7. The molecule has 1 aliphatic heterocycles. The predicted molar refractivity (Wildman–Crippen MR) is 98.0 cm³/mol. The zero-order valence-corrected chi connectivity index (χ0v) is 15.9. The molecule has 30 heavy (non-hydrogen) atoms. The van der Waals surface area contributed by atoms with Crippen LogP contribution in [0.1, 0.15) is 51.5 Å². The fourth-order valence-electron chi connectivity index (χ4n) is 3.52. The molecule has 0 saturated heterocycles. The quantitative estimate of drug-likeness (QED) is 0.620. The van der Waals surface area contributed by atoms with Crippen LogP contribution in [0, 0.1) is 6.92 Å². The largest absolute Gasteiger partial charge is 0.478 e. The van der Waals surface area contributed by atoms with Crippen molar-refractivity contribution in [1.82, 2.24) is 0 Å². The topological polar surface area (TPSA) is 49.7 Å². The molecule has 0 fully saturated rings. The minimum atomic E-state index is -4.92. The molecule has 0 amide bonds. The monoisotopic (exact) mass is 429 g/mol. The molecule has 1 unspecified atom stereocenters. The Balaban J connectivity index is 1.98. The molecule has 1 aliphatic rings. The summed E-state index contributed by atoms with van der Waals surface area (Å²) in [4.78, 5) is 15.5. The molecule has 3 rings (SSSR count). The highest BCUT2D eigenvalue weighted by molar-refractivity contribution is 6.03. The number of nitrogens with zero attached hydrogens (tertiary/aromatic N) is 1. The first kappa shape index (κ1) is 21.9. The third-order valence-electron chi connectivity index (χ3n) is 5.25. The summed E-state index contributed by atoms with van der Waals surface area (Å²) in [5.74, 6) is -1.10.